The number of rotatable bonds is 3. The van der Waals surface area contributed by atoms with Crippen LogP contribution >= 0.6 is 11.3 Å². The Morgan fingerprint density at radius 3 is 2.95 bits per heavy atom. The predicted octanol–water partition coefficient (Wildman–Crippen LogP) is 2.24. The van der Waals surface area contributed by atoms with Crippen molar-refractivity contribution in [3.8, 4) is 0 Å². The van der Waals surface area contributed by atoms with Crippen LogP contribution in [0.5, 0.6) is 0 Å². The molecule has 0 unspecified atom stereocenters. The normalized spacial score (nSPS) is 20.5. The van der Waals surface area contributed by atoms with Crippen molar-refractivity contribution in [3.63, 3.8) is 0 Å². The van der Waals surface area contributed by atoms with E-state index in [1.165, 1.54) is 17.0 Å². The number of carbonyl (C=O) groups excluding carboxylic acids is 1. The molecule has 0 aromatic carbocycles. The number of nitrogens with zero attached hydrogens (tertiary/aromatic N) is 1. The van der Waals surface area contributed by atoms with Gasteiger partial charge in [0.05, 0.1) is 18.7 Å². The molecule has 1 saturated heterocycles. The minimum Gasteiger partial charge on any atom is -0.466 e. The van der Waals surface area contributed by atoms with Crippen LogP contribution in [0.15, 0.2) is 0 Å². The zero-order chi connectivity index (χ0) is 13.3. The summed E-state index contributed by atoms with van der Waals surface area (Å²) in [7, 11) is 0. The fourth-order valence-electron chi connectivity index (χ4n) is 3.12. The highest BCUT2D eigenvalue weighted by Crippen LogP contribution is 2.47. The number of ether oxygens (including phenoxy) is 2. The number of esters is 1. The summed E-state index contributed by atoms with van der Waals surface area (Å²) < 4.78 is 10.5. The van der Waals surface area contributed by atoms with Crippen LogP contribution in [0.4, 0.5) is 0 Å². The molecule has 1 aliphatic carbocycles. The Balaban J connectivity index is 1.78. The van der Waals surface area contributed by atoms with Crippen molar-refractivity contribution in [1.29, 1.82) is 0 Å². The Hall–Kier alpha value is -0.940. The minimum atomic E-state index is -0.170. The van der Waals surface area contributed by atoms with Gasteiger partial charge in [0.25, 0.3) is 0 Å². The van der Waals surface area contributed by atoms with Crippen LogP contribution in [0.2, 0.25) is 0 Å². The fourth-order valence-corrected chi connectivity index (χ4v) is 4.29. The standard InChI is InChI=1S/C14H19NO3S/c1-2-18-12(16)9-11-15-13-10(19-11)3-4-14(13)5-7-17-8-6-14/h2-9H2,1H3. The van der Waals surface area contributed by atoms with Gasteiger partial charge < -0.3 is 9.47 Å². The minimum absolute atomic E-state index is 0.170. The maximum atomic E-state index is 11.5. The molecular formula is C14H19NO3S. The topological polar surface area (TPSA) is 48.4 Å². The van der Waals surface area contributed by atoms with E-state index >= 15 is 0 Å². The van der Waals surface area contributed by atoms with Gasteiger partial charge in [-0.2, -0.15) is 0 Å². The molecule has 0 bridgehead atoms. The van der Waals surface area contributed by atoms with Crippen LogP contribution in [-0.2, 0) is 32.5 Å². The second-order valence-corrected chi connectivity index (χ2v) is 6.42. The Labute approximate surface area is 117 Å². The Bertz CT molecular complexity index is 477. The molecule has 0 saturated carbocycles. The third kappa shape index (κ3) is 2.41. The van der Waals surface area contributed by atoms with Crippen LogP contribution in [-0.4, -0.2) is 30.8 Å². The first-order valence-corrected chi connectivity index (χ1v) is 7.77. The first-order valence-electron chi connectivity index (χ1n) is 6.96. The van der Waals surface area contributed by atoms with Crippen LogP contribution in [0.1, 0.15) is 41.8 Å². The molecular weight excluding hydrogens is 262 g/mol. The lowest BCUT2D eigenvalue weighted by Gasteiger charge is -2.32. The average molecular weight is 281 g/mol. The van der Waals surface area contributed by atoms with Gasteiger partial charge in [0.15, 0.2) is 0 Å². The summed E-state index contributed by atoms with van der Waals surface area (Å²) in [6.07, 6.45) is 4.77. The molecule has 4 nitrogen and oxygen atoms in total. The van der Waals surface area contributed by atoms with Crippen LogP contribution in [0.25, 0.3) is 0 Å². The summed E-state index contributed by atoms with van der Waals surface area (Å²) in [5.41, 5.74) is 1.48. The van der Waals surface area contributed by atoms with Gasteiger partial charge in [0, 0.05) is 23.5 Å². The summed E-state index contributed by atoms with van der Waals surface area (Å²) in [6.45, 7) is 3.94. The number of fused-ring (bicyclic) bond motifs is 2. The molecule has 1 spiro atoms. The molecule has 1 aromatic rings. The lowest BCUT2D eigenvalue weighted by Crippen LogP contribution is -2.32. The SMILES string of the molecule is CCOC(=O)Cc1nc2c(s1)CCC21CCOCC1. The van der Waals surface area contributed by atoms with Gasteiger partial charge in [-0.3, -0.25) is 4.79 Å². The maximum absolute atomic E-state index is 11.5. The molecule has 0 radical (unpaired) electrons. The predicted molar refractivity (Wildman–Crippen MR) is 72.5 cm³/mol. The number of carbonyl (C=O) groups is 1. The third-order valence-corrected chi connectivity index (χ3v) is 5.24. The lowest BCUT2D eigenvalue weighted by atomic mass is 9.78. The lowest BCUT2D eigenvalue weighted by molar-refractivity contribution is -0.142. The van der Waals surface area contributed by atoms with Gasteiger partial charge in [-0.15, -0.1) is 11.3 Å². The summed E-state index contributed by atoms with van der Waals surface area (Å²) in [5, 5.41) is 0.911. The molecule has 2 heterocycles. The van der Waals surface area contributed by atoms with E-state index in [0.29, 0.717) is 13.0 Å². The highest BCUT2D eigenvalue weighted by molar-refractivity contribution is 7.11. The van der Waals surface area contributed by atoms with Gasteiger partial charge in [0.2, 0.25) is 0 Å². The molecule has 3 rings (SSSR count). The first kappa shape index (κ1) is 13.1. The van der Waals surface area contributed by atoms with Crippen molar-refractivity contribution in [2.75, 3.05) is 19.8 Å². The van der Waals surface area contributed by atoms with Crippen LogP contribution in [0, 0.1) is 0 Å². The average Bonchev–Trinajstić information content (AvgIpc) is 2.93. The van der Waals surface area contributed by atoms with Gasteiger partial charge in [-0.1, -0.05) is 0 Å². The van der Waals surface area contributed by atoms with E-state index < -0.39 is 0 Å². The number of hydrogen-bond donors (Lipinski definition) is 0. The molecule has 1 aromatic heterocycles. The molecule has 1 fully saturated rings. The number of hydrogen-bond acceptors (Lipinski definition) is 5. The van der Waals surface area contributed by atoms with E-state index in [2.05, 4.69) is 0 Å². The van der Waals surface area contributed by atoms with Crippen molar-refractivity contribution in [1.82, 2.24) is 4.98 Å². The number of aryl methyl sites for hydroxylation is 1. The monoisotopic (exact) mass is 281 g/mol. The molecule has 2 aliphatic rings. The molecule has 104 valence electrons. The molecule has 1 aliphatic heterocycles. The Morgan fingerprint density at radius 1 is 1.42 bits per heavy atom. The van der Waals surface area contributed by atoms with Gasteiger partial charge >= 0.3 is 5.97 Å². The second kappa shape index (κ2) is 5.21. The zero-order valence-corrected chi connectivity index (χ0v) is 12.1. The van der Waals surface area contributed by atoms with Crippen LogP contribution < -0.4 is 0 Å². The summed E-state index contributed by atoms with van der Waals surface area (Å²) in [5.74, 6) is -0.170. The van der Waals surface area contributed by atoms with E-state index in [4.69, 9.17) is 14.5 Å². The molecule has 0 N–H and O–H groups in total. The zero-order valence-electron chi connectivity index (χ0n) is 11.2. The summed E-state index contributed by atoms with van der Waals surface area (Å²) in [4.78, 5) is 17.7. The molecule has 19 heavy (non-hydrogen) atoms. The number of thiazole rings is 1. The second-order valence-electron chi connectivity index (χ2n) is 5.25. The van der Waals surface area contributed by atoms with Gasteiger partial charge in [-0.05, 0) is 32.6 Å². The van der Waals surface area contributed by atoms with E-state index in [0.717, 1.165) is 37.5 Å². The quantitative estimate of drug-likeness (QED) is 0.797. The largest absolute Gasteiger partial charge is 0.466 e. The summed E-state index contributed by atoms with van der Waals surface area (Å²) >= 11 is 1.69. The highest BCUT2D eigenvalue weighted by Gasteiger charge is 2.42. The number of aromatic nitrogens is 1. The van der Waals surface area contributed by atoms with Crippen molar-refractivity contribution in [2.24, 2.45) is 0 Å². The molecule has 5 heteroatoms. The van der Waals surface area contributed by atoms with Gasteiger partial charge in [0.1, 0.15) is 5.01 Å². The highest BCUT2D eigenvalue weighted by atomic mass is 32.1. The molecule has 0 atom stereocenters. The smallest absolute Gasteiger partial charge is 0.312 e. The third-order valence-electron chi connectivity index (χ3n) is 4.13. The van der Waals surface area contributed by atoms with E-state index in [1.54, 1.807) is 11.3 Å². The van der Waals surface area contributed by atoms with E-state index in [-0.39, 0.29) is 11.4 Å². The van der Waals surface area contributed by atoms with Crippen molar-refractivity contribution in [3.05, 3.63) is 15.6 Å². The van der Waals surface area contributed by atoms with Gasteiger partial charge in [-0.25, -0.2) is 4.98 Å². The Kier molecular flexibility index (Phi) is 3.58. The maximum Gasteiger partial charge on any atom is 0.312 e. The first-order chi connectivity index (χ1) is 9.23. The van der Waals surface area contributed by atoms with E-state index in [1.807, 2.05) is 6.92 Å². The van der Waals surface area contributed by atoms with Crippen molar-refractivity contribution < 1.29 is 14.3 Å². The van der Waals surface area contributed by atoms with Crippen molar-refractivity contribution >= 4 is 17.3 Å². The summed E-state index contributed by atoms with van der Waals surface area (Å²) in [6, 6.07) is 0. The Morgan fingerprint density at radius 2 is 2.21 bits per heavy atom. The van der Waals surface area contributed by atoms with E-state index in [9.17, 15) is 4.79 Å². The van der Waals surface area contributed by atoms with Crippen LogP contribution in [0.3, 0.4) is 0 Å². The van der Waals surface area contributed by atoms with Crippen molar-refractivity contribution in [2.45, 2.75) is 44.4 Å². The molecule has 0 amide bonds. The fraction of sp³-hybridized carbons (Fsp3) is 0.714.